The first-order valence-electron chi connectivity index (χ1n) is 9.82. The summed E-state index contributed by atoms with van der Waals surface area (Å²) in [7, 11) is 0. The molecular formula is C20H23F2IN4O2. The molecule has 3 heterocycles. The molecule has 0 aromatic carbocycles. The summed E-state index contributed by atoms with van der Waals surface area (Å²) in [4.78, 5) is 17.8. The van der Waals surface area contributed by atoms with Crippen LogP contribution in [0.4, 0.5) is 13.6 Å². The van der Waals surface area contributed by atoms with Crippen molar-refractivity contribution >= 4 is 28.7 Å². The van der Waals surface area contributed by atoms with Crippen molar-refractivity contribution in [3.05, 3.63) is 33.8 Å². The molecule has 1 amide bonds. The van der Waals surface area contributed by atoms with E-state index in [1.54, 1.807) is 23.4 Å². The van der Waals surface area contributed by atoms with Crippen LogP contribution in [0, 0.1) is 8.99 Å². The van der Waals surface area contributed by atoms with Crippen molar-refractivity contribution in [3.8, 4) is 11.3 Å². The molecule has 9 heteroatoms. The smallest absolute Gasteiger partial charge is 0.409 e. The zero-order valence-electron chi connectivity index (χ0n) is 16.2. The molecule has 0 unspecified atom stereocenters. The summed E-state index contributed by atoms with van der Waals surface area (Å²) < 4.78 is 34.8. The first-order chi connectivity index (χ1) is 13.9. The van der Waals surface area contributed by atoms with Gasteiger partial charge in [-0.05, 0) is 54.0 Å². The van der Waals surface area contributed by atoms with Gasteiger partial charge in [-0.25, -0.2) is 13.6 Å². The molecule has 1 spiro atoms. The number of amides is 1. The van der Waals surface area contributed by atoms with Gasteiger partial charge in [0.15, 0.2) is 0 Å². The summed E-state index contributed by atoms with van der Waals surface area (Å²) in [6, 6.07) is 3.52. The Labute approximate surface area is 181 Å². The van der Waals surface area contributed by atoms with Crippen LogP contribution in [-0.2, 0) is 4.74 Å². The van der Waals surface area contributed by atoms with Crippen molar-refractivity contribution in [1.82, 2.24) is 19.7 Å². The standard InChI is InChI=1S/C20H23F2IN4O2/c1-2-3-7-29-19(28)26-11-20(12-26)8-14(9-20)27-17(18(21)22)15(23)16(25-27)13-5-4-6-24-10-13/h4-6,10,14,18H,2-3,7-9,11-12H2,1H3. The average molecular weight is 516 g/mol. The predicted molar refractivity (Wildman–Crippen MR) is 112 cm³/mol. The maximum Gasteiger partial charge on any atom is 0.409 e. The summed E-state index contributed by atoms with van der Waals surface area (Å²) in [6.07, 6.45) is 3.75. The molecule has 2 aromatic heterocycles. The highest BCUT2D eigenvalue weighted by Gasteiger charge is 2.55. The number of nitrogens with zero attached hydrogens (tertiary/aromatic N) is 4. The van der Waals surface area contributed by atoms with E-state index >= 15 is 0 Å². The fourth-order valence-corrected chi connectivity index (χ4v) is 5.15. The Bertz CT molecular complexity index is 876. The zero-order chi connectivity index (χ0) is 20.6. The lowest BCUT2D eigenvalue weighted by atomic mass is 9.61. The number of halogens is 3. The third-order valence-corrected chi connectivity index (χ3v) is 6.81. The highest BCUT2D eigenvalue weighted by atomic mass is 127. The van der Waals surface area contributed by atoms with Crippen molar-refractivity contribution in [2.75, 3.05) is 19.7 Å². The van der Waals surface area contributed by atoms with Gasteiger partial charge >= 0.3 is 6.09 Å². The van der Waals surface area contributed by atoms with Crippen LogP contribution in [-0.4, -0.2) is 45.5 Å². The van der Waals surface area contributed by atoms with Crippen molar-refractivity contribution in [1.29, 1.82) is 0 Å². The maximum absolute atomic E-state index is 13.8. The summed E-state index contributed by atoms with van der Waals surface area (Å²) in [5.74, 6) is 0. The third-order valence-electron chi connectivity index (χ3n) is 5.75. The average Bonchev–Trinajstić information content (AvgIpc) is 2.97. The van der Waals surface area contributed by atoms with Gasteiger partial charge in [-0.3, -0.25) is 9.67 Å². The van der Waals surface area contributed by atoms with Crippen LogP contribution in [0.2, 0.25) is 0 Å². The minimum atomic E-state index is -2.59. The van der Waals surface area contributed by atoms with Gasteiger partial charge in [-0.1, -0.05) is 13.3 Å². The van der Waals surface area contributed by atoms with Crippen LogP contribution < -0.4 is 0 Å². The van der Waals surface area contributed by atoms with Gasteiger partial charge in [0, 0.05) is 36.5 Å². The fraction of sp³-hybridized carbons (Fsp3) is 0.550. The molecule has 1 saturated carbocycles. The summed E-state index contributed by atoms with van der Waals surface area (Å²) in [5, 5.41) is 4.54. The number of likely N-dealkylation sites (tertiary alicyclic amines) is 1. The molecule has 6 nitrogen and oxygen atoms in total. The van der Waals surface area contributed by atoms with E-state index in [1.165, 1.54) is 4.68 Å². The molecule has 1 saturated heterocycles. The minimum absolute atomic E-state index is 0.0136. The summed E-state index contributed by atoms with van der Waals surface area (Å²) in [6.45, 7) is 3.76. The van der Waals surface area contributed by atoms with Crippen molar-refractivity contribution in [3.63, 3.8) is 0 Å². The topological polar surface area (TPSA) is 60.2 Å². The monoisotopic (exact) mass is 516 g/mol. The molecule has 156 valence electrons. The van der Waals surface area contributed by atoms with E-state index in [0.29, 0.717) is 29.0 Å². The van der Waals surface area contributed by atoms with Gasteiger partial charge in [-0.15, -0.1) is 0 Å². The maximum atomic E-state index is 13.8. The Morgan fingerprint density at radius 2 is 2.17 bits per heavy atom. The van der Waals surface area contributed by atoms with Crippen LogP contribution in [0.1, 0.15) is 50.8 Å². The quantitative estimate of drug-likeness (QED) is 0.398. The number of hydrogen-bond donors (Lipinski definition) is 0. The highest BCUT2D eigenvalue weighted by molar-refractivity contribution is 14.1. The first kappa shape index (κ1) is 20.5. The van der Waals surface area contributed by atoms with Crippen molar-refractivity contribution < 1.29 is 18.3 Å². The van der Waals surface area contributed by atoms with Crippen LogP contribution in [0.3, 0.4) is 0 Å². The lowest BCUT2D eigenvalue weighted by Gasteiger charge is -2.58. The molecule has 0 atom stereocenters. The van der Waals surface area contributed by atoms with Crippen LogP contribution in [0.15, 0.2) is 24.5 Å². The first-order valence-corrected chi connectivity index (χ1v) is 10.9. The van der Waals surface area contributed by atoms with Gasteiger partial charge in [0.05, 0.1) is 16.2 Å². The van der Waals surface area contributed by atoms with Gasteiger partial charge in [-0.2, -0.15) is 5.10 Å². The minimum Gasteiger partial charge on any atom is -0.449 e. The molecule has 0 N–H and O–H groups in total. The van der Waals surface area contributed by atoms with Crippen LogP contribution in [0.5, 0.6) is 0 Å². The third kappa shape index (κ3) is 3.85. The van der Waals surface area contributed by atoms with Crippen molar-refractivity contribution in [2.45, 2.75) is 45.1 Å². The normalized spacial score (nSPS) is 18.0. The number of rotatable bonds is 6. The molecule has 1 aliphatic carbocycles. The molecule has 2 fully saturated rings. The molecular weight excluding hydrogens is 493 g/mol. The second kappa shape index (κ2) is 8.16. The number of aromatic nitrogens is 3. The molecule has 1 aliphatic heterocycles. The van der Waals surface area contributed by atoms with Gasteiger partial charge in [0.25, 0.3) is 6.43 Å². The number of pyridine rings is 1. The van der Waals surface area contributed by atoms with Gasteiger partial charge in [0.2, 0.25) is 0 Å². The fourth-order valence-electron chi connectivity index (χ4n) is 4.25. The molecule has 0 bridgehead atoms. The van der Waals surface area contributed by atoms with E-state index < -0.39 is 6.43 Å². The number of hydrogen-bond acceptors (Lipinski definition) is 4. The lowest BCUT2D eigenvalue weighted by Crippen LogP contribution is -2.64. The largest absolute Gasteiger partial charge is 0.449 e. The molecule has 4 rings (SSSR count). The number of alkyl halides is 2. The van der Waals surface area contributed by atoms with Crippen molar-refractivity contribution in [2.24, 2.45) is 5.41 Å². The molecule has 2 aromatic rings. The second-order valence-electron chi connectivity index (χ2n) is 7.92. The molecule has 29 heavy (non-hydrogen) atoms. The van der Waals surface area contributed by atoms with Gasteiger partial charge in [0.1, 0.15) is 11.4 Å². The molecule has 0 radical (unpaired) electrons. The highest BCUT2D eigenvalue weighted by Crippen LogP contribution is 2.55. The van der Waals surface area contributed by atoms with Gasteiger partial charge < -0.3 is 9.64 Å². The SMILES string of the molecule is CCCCOC(=O)N1CC2(CC(n3nc(-c4cccnc4)c(I)c3C(F)F)C2)C1. The van der Waals surface area contributed by atoms with E-state index in [9.17, 15) is 13.6 Å². The van der Waals surface area contributed by atoms with E-state index in [4.69, 9.17) is 4.74 Å². The summed E-state index contributed by atoms with van der Waals surface area (Å²) in [5.41, 5.74) is 1.26. The number of carbonyl (C=O) groups excluding carboxylic acids is 1. The number of ether oxygens (including phenoxy) is 1. The Hall–Kier alpha value is -1.78. The predicted octanol–water partition coefficient (Wildman–Crippen LogP) is 5.06. The van der Waals surface area contributed by atoms with Crippen LogP contribution in [0.25, 0.3) is 11.3 Å². The zero-order valence-corrected chi connectivity index (χ0v) is 18.3. The summed E-state index contributed by atoms with van der Waals surface area (Å²) >= 11 is 1.95. The Morgan fingerprint density at radius 1 is 1.41 bits per heavy atom. The number of unbranched alkanes of at least 4 members (excludes halogenated alkanes) is 1. The Morgan fingerprint density at radius 3 is 2.79 bits per heavy atom. The second-order valence-corrected chi connectivity index (χ2v) is 9.00. The Kier molecular flexibility index (Phi) is 5.76. The number of carbonyl (C=O) groups is 1. The van der Waals surface area contributed by atoms with E-state index in [0.717, 1.165) is 31.2 Å². The van der Waals surface area contributed by atoms with E-state index in [1.807, 2.05) is 35.6 Å². The molecule has 2 aliphatic rings. The van der Waals surface area contributed by atoms with E-state index in [2.05, 4.69) is 10.1 Å². The van der Waals surface area contributed by atoms with Crippen LogP contribution >= 0.6 is 22.6 Å². The van der Waals surface area contributed by atoms with E-state index in [-0.39, 0.29) is 23.2 Å². The lowest BCUT2D eigenvalue weighted by molar-refractivity contribution is -0.0840. The Balaban J connectivity index is 1.43.